The molecule has 0 saturated heterocycles. The number of aryl methyl sites for hydroxylation is 1. The van der Waals surface area contributed by atoms with Crippen molar-refractivity contribution in [2.24, 2.45) is 0 Å². The molecule has 0 radical (unpaired) electrons. The van der Waals surface area contributed by atoms with Crippen LogP contribution in [0.4, 0.5) is 8.78 Å². The Bertz CT molecular complexity index is 613. The van der Waals surface area contributed by atoms with Crippen LogP contribution in [0.1, 0.15) is 22.7 Å². The molecule has 106 valence electrons. The van der Waals surface area contributed by atoms with E-state index in [1.807, 2.05) is 25.1 Å². The minimum Gasteiger partial charge on any atom is -0.313 e. The first kappa shape index (κ1) is 14.9. The standard InChI is InChI=1S/C16H16ClF2N/c1-10-3-5-13(14(17)7-10)16(20-2)9-11-8-12(18)4-6-15(11)19/h3-8,16,20H,9H2,1-2H3. The highest BCUT2D eigenvalue weighted by atomic mass is 35.5. The molecule has 0 aromatic heterocycles. The molecule has 0 amide bonds. The summed E-state index contributed by atoms with van der Waals surface area (Å²) < 4.78 is 26.9. The molecular formula is C16H16ClF2N. The number of likely N-dealkylation sites (N-methyl/N-ethyl adjacent to an activating group) is 1. The molecule has 0 aliphatic carbocycles. The number of rotatable bonds is 4. The van der Waals surface area contributed by atoms with Gasteiger partial charge in [-0.2, -0.15) is 0 Å². The van der Waals surface area contributed by atoms with Crippen molar-refractivity contribution in [3.8, 4) is 0 Å². The van der Waals surface area contributed by atoms with Crippen molar-refractivity contribution in [1.29, 1.82) is 0 Å². The van der Waals surface area contributed by atoms with Gasteiger partial charge in [0.05, 0.1) is 0 Å². The summed E-state index contributed by atoms with van der Waals surface area (Å²) in [6.07, 6.45) is 0.336. The molecule has 1 unspecified atom stereocenters. The normalized spacial score (nSPS) is 12.4. The predicted octanol–water partition coefficient (Wildman–Crippen LogP) is 4.43. The lowest BCUT2D eigenvalue weighted by molar-refractivity contribution is 0.544. The van der Waals surface area contributed by atoms with E-state index in [4.69, 9.17) is 11.6 Å². The molecule has 20 heavy (non-hydrogen) atoms. The van der Waals surface area contributed by atoms with E-state index in [-0.39, 0.29) is 6.04 Å². The van der Waals surface area contributed by atoms with Crippen molar-refractivity contribution >= 4 is 11.6 Å². The van der Waals surface area contributed by atoms with Gasteiger partial charge in [-0.1, -0.05) is 23.7 Å². The molecule has 0 saturated carbocycles. The zero-order valence-corrected chi connectivity index (χ0v) is 12.1. The fourth-order valence-corrected chi connectivity index (χ4v) is 2.57. The monoisotopic (exact) mass is 295 g/mol. The van der Waals surface area contributed by atoms with Crippen LogP contribution in [0.25, 0.3) is 0 Å². The van der Waals surface area contributed by atoms with E-state index in [1.54, 1.807) is 7.05 Å². The second-order valence-electron chi connectivity index (χ2n) is 4.81. The molecule has 0 fully saturated rings. The summed E-state index contributed by atoms with van der Waals surface area (Å²) in [6, 6.07) is 9.05. The first-order valence-electron chi connectivity index (χ1n) is 6.38. The maximum Gasteiger partial charge on any atom is 0.126 e. The molecule has 0 bridgehead atoms. The lowest BCUT2D eigenvalue weighted by atomic mass is 9.97. The highest BCUT2D eigenvalue weighted by Crippen LogP contribution is 2.27. The van der Waals surface area contributed by atoms with Gasteiger partial charge in [0.2, 0.25) is 0 Å². The van der Waals surface area contributed by atoms with Crippen molar-refractivity contribution in [1.82, 2.24) is 5.32 Å². The van der Waals surface area contributed by atoms with Crippen LogP contribution in [-0.2, 0) is 6.42 Å². The third-order valence-electron chi connectivity index (χ3n) is 3.31. The van der Waals surface area contributed by atoms with Crippen LogP contribution in [-0.4, -0.2) is 7.05 Å². The van der Waals surface area contributed by atoms with Crippen LogP contribution in [0.2, 0.25) is 5.02 Å². The summed E-state index contributed by atoms with van der Waals surface area (Å²) in [7, 11) is 1.78. The Balaban J connectivity index is 2.31. The molecule has 2 aromatic rings. The maximum atomic E-state index is 13.7. The van der Waals surface area contributed by atoms with Crippen LogP contribution >= 0.6 is 11.6 Å². The number of benzene rings is 2. The van der Waals surface area contributed by atoms with E-state index >= 15 is 0 Å². The molecule has 0 heterocycles. The van der Waals surface area contributed by atoms with E-state index < -0.39 is 11.6 Å². The average Bonchev–Trinajstić information content (AvgIpc) is 2.40. The zero-order valence-electron chi connectivity index (χ0n) is 11.4. The van der Waals surface area contributed by atoms with Crippen molar-refractivity contribution in [2.45, 2.75) is 19.4 Å². The molecule has 1 nitrogen and oxygen atoms in total. The summed E-state index contributed by atoms with van der Waals surface area (Å²) in [5, 5.41) is 3.73. The highest BCUT2D eigenvalue weighted by molar-refractivity contribution is 6.31. The Kier molecular flexibility index (Phi) is 4.73. The van der Waals surface area contributed by atoms with Crippen LogP contribution in [0.15, 0.2) is 36.4 Å². The molecule has 2 rings (SSSR count). The lowest BCUT2D eigenvalue weighted by Crippen LogP contribution is -2.20. The topological polar surface area (TPSA) is 12.0 Å². The number of hydrogen-bond donors (Lipinski definition) is 1. The van der Waals surface area contributed by atoms with Crippen molar-refractivity contribution in [3.63, 3.8) is 0 Å². The lowest BCUT2D eigenvalue weighted by Gasteiger charge is -2.19. The Morgan fingerprint density at radius 2 is 1.90 bits per heavy atom. The smallest absolute Gasteiger partial charge is 0.126 e. The van der Waals surface area contributed by atoms with Gasteiger partial charge in [-0.25, -0.2) is 8.78 Å². The third kappa shape index (κ3) is 3.35. The Morgan fingerprint density at radius 1 is 1.15 bits per heavy atom. The minimum atomic E-state index is -0.439. The molecular weight excluding hydrogens is 280 g/mol. The SMILES string of the molecule is CNC(Cc1cc(F)ccc1F)c1ccc(C)cc1Cl. The van der Waals surface area contributed by atoms with Crippen LogP contribution < -0.4 is 5.32 Å². The molecule has 0 aliphatic heterocycles. The number of nitrogens with one attached hydrogen (secondary N) is 1. The summed E-state index contributed by atoms with van der Waals surface area (Å²) >= 11 is 6.23. The van der Waals surface area contributed by atoms with Gasteiger partial charge in [0.25, 0.3) is 0 Å². The average molecular weight is 296 g/mol. The van der Waals surface area contributed by atoms with E-state index in [0.29, 0.717) is 17.0 Å². The molecule has 2 aromatic carbocycles. The van der Waals surface area contributed by atoms with E-state index in [2.05, 4.69) is 5.32 Å². The number of halogens is 3. The molecule has 1 N–H and O–H groups in total. The van der Waals surface area contributed by atoms with Gasteiger partial charge in [0, 0.05) is 11.1 Å². The second kappa shape index (κ2) is 6.33. The van der Waals surface area contributed by atoms with Crippen LogP contribution in [0.5, 0.6) is 0 Å². The molecule has 1 atom stereocenters. The van der Waals surface area contributed by atoms with Gasteiger partial charge >= 0.3 is 0 Å². The van der Waals surface area contributed by atoms with Gasteiger partial charge in [-0.15, -0.1) is 0 Å². The second-order valence-corrected chi connectivity index (χ2v) is 5.21. The quantitative estimate of drug-likeness (QED) is 0.880. The highest BCUT2D eigenvalue weighted by Gasteiger charge is 2.16. The summed E-state index contributed by atoms with van der Waals surface area (Å²) in [5.41, 5.74) is 2.27. The fourth-order valence-electron chi connectivity index (χ4n) is 2.20. The van der Waals surface area contributed by atoms with Gasteiger partial charge in [-0.05, 0) is 61.3 Å². The molecule has 0 spiro atoms. The van der Waals surface area contributed by atoms with E-state index in [0.717, 1.165) is 23.3 Å². The molecule has 0 aliphatic rings. The first-order valence-corrected chi connectivity index (χ1v) is 6.76. The van der Waals surface area contributed by atoms with E-state index in [1.165, 1.54) is 6.07 Å². The van der Waals surface area contributed by atoms with Gasteiger partial charge in [0.15, 0.2) is 0 Å². The zero-order chi connectivity index (χ0) is 14.7. The maximum absolute atomic E-state index is 13.7. The van der Waals surface area contributed by atoms with Crippen molar-refractivity contribution < 1.29 is 8.78 Å². The summed E-state index contributed by atoms with van der Waals surface area (Å²) in [5.74, 6) is -0.846. The van der Waals surface area contributed by atoms with Crippen LogP contribution in [0.3, 0.4) is 0 Å². The fraction of sp³-hybridized carbons (Fsp3) is 0.250. The van der Waals surface area contributed by atoms with Gasteiger partial charge in [-0.3, -0.25) is 0 Å². The van der Waals surface area contributed by atoms with Crippen LogP contribution in [0, 0.1) is 18.6 Å². The summed E-state index contributed by atoms with van der Waals surface area (Å²) in [6.45, 7) is 1.95. The number of hydrogen-bond acceptors (Lipinski definition) is 1. The Morgan fingerprint density at radius 3 is 2.55 bits per heavy atom. The first-order chi connectivity index (χ1) is 9.51. The Labute approximate surface area is 122 Å². The van der Waals surface area contributed by atoms with Crippen molar-refractivity contribution in [2.75, 3.05) is 7.05 Å². The summed E-state index contributed by atoms with van der Waals surface area (Å²) in [4.78, 5) is 0. The van der Waals surface area contributed by atoms with Gasteiger partial charge in [0.1, 0.15) is 11.6 Å². The third-order valence-corrected chi connectivity index (χ3v) is 3.64. The van der Waals surface area contributed by atoms with Gasteiger partial charge < -0.3 is 5.32 Å². The molecule has 4 heteroatoms. The Hall–Kier alpha value is -1.45. The predicted molar refractivity (Wildman–Crippen MR) is 78.1 cm³/mol. The van der Waals surface area contributed by atoms with E-state index in [9.17, 15) is 8.78 Å². The van der Waals surface area contributed by atoms with Crippen molar-refractivity contribution in [3.05, 3.63) is 69.7 Å². The largest absolute Gasteiger partial charge is 0.313 e. The minimum absolute atomic E-state index is 0.167.